The van der Waals surface area contributed by atoms with Crippen molar-refractivity contribution in [3.05, 3.63) is 23.8 Å². The van der Waals surface area contributed by atoms with Crippen LogP contribution in [-0.2, 0) is 9.53 Å². The van der Waals surface area contributed by atoms with E-state index in [1.165, 1.54) is 7.11 Å². The molecule has 0 unspecified atom stereocenters. The van der Waals surface area contributed by atoms with Crippen LogP contribution in [0.2, 0.25) is 0 Å². The predicted octanol–water partition coefficient (Wildman–Crippen LogP) is 1.35. The monoisotopic (exact) mass is 317 g/mol. The molecule has 0 bridgehead atoms. The van der Waals surface area contributed by atoms with Crippen molar-refractivity contribution in [3.8, 4) is 0 Å². The summed E-state index contributed by atoms with van der Waals surface area (Å²) in [6.45, 7) is 4.51. The van der Waals surface area contributed by atoms with Crippen LogP contribution in [-0.4, -0.2) is 63.7 Å². The van der Waals surface area contributed by atoms with E-state index in [9.17, 15) is 9.59 Å². The average molecular weight is 317 g/mol. The number of amides is 1. The van der Waals surface area contributed by atoms with Crippen LogP contribution in [0.25, 0.3) is 0 Å². The fraction of sp³-hybridized carbons (Fsp3) is 0.529. The quantitative estimate of drug-likeness (QED) is 0.788. The van der Waals surface area contributed by atoms with E-state index in [4.69, 9.17) is 4.74 Å². The van der Waals surface area contributed by atoms with Crippen LogP contribution in [0.3, 0.4) is 0 Å². The Kier molecular flexibility index (Phi) is 4.52. The van der Waals surface area contributed by atoms with Gasteiger partial charge in [-0.1, -0.05) is 0 Å². The SMILES string of the molecule is COC(=O)c1cc(N2CCN(C)CC2)cc(N2CCCC2=O)c1. The van der Waals surface area contributed by atoms with E-state index >= 15 is 0 Å². The van der Waals surface area contributed by atoms with E-state index < -0.39 is 0 Å². The van der Waals surface area contributed by atoms with Crippen molar-refractivity contribution in [1.82, 2.24) is 4.90 Å². The smallest absolute Gasteiger partial charge is 0.337 e. The Labute approximate surface area is 136 Å². The fourth-order valence-corrected chi connectivity index (χ4v) is 3.16. The van der Waals surface area contributed by atoms with Crippen LogP contribution in [0.4, 0.5) is 11.4 Å². The molecule has 6 nitrogen and oxygen atoms in total. The summed E-state index contributed by atoms with van der Waals surface area (Å²) in [7, 11) is 3.49. The first-order chi connectivity index (χ1) is 11.1. The number of piperazine rings is 1. The molecule has 0 aliphatic carbocycles. The maximum Gasteiger partial charge on any atom is 0.337 e. The number of esters is 1. The van der Waals surface area contributed by atoms with E-state index in [0.29, 0.717) is 18.5 Å². The van der Waals surface area contributed by atoms with Gasteiger partial charge in [-0.3, -0.25) is 4.79 Å². The summed E-state index contributed by atoms with van der Waals surface area (Å²) in [6.07, 6.45) is 1.44. The van der Waals surface area contributed by atoms with E-state index in [0.717, 1.165) is 44.0 Å². The Morgan fingerprint density at radius 1 is 1.04 bits per heavy atom. The fourth-order valence-electron chi connectivity index (χ4n) is 3.16. The Balaban J connectivity index is 1.94. The minimum absolute atomic E-state index is 0.122. The third-order valence-corrected chi connectivity index (χ3v) is 4.58. The van der Waals surface area contributed by atoms with Crippen LogP contribution in [0.15, 0.2) is 18.2 Å². The molecule has 1 aromatic rings. The van der Waals surface area contributed by atoms with Crippen molar-refractivity contribution in [2.75, 3.05) is 56.7 Å². The minimum atomic E-state index is -0.367. The lowest BCUT2D eigenvalue weighted by Gasteiger charge is -2.34. The molecule has 2 saturated heterocycles. The number of carbonyl (C=O) groups excluding carboxylic acids is 2. The second kappa shape index (κ2) is 6.58. The standard InChI is InChI=1S/C17H23N3O3/c1-18-6-8-19(9-7-18)14-10-13(17(22)23-2)11-15(12-14)20-5-3-4-16(20)21/h10-12H,3-9H2,1-2H3. The average Bonchev–Trinajstić information content (AvgIpc) is 3.00. The number of ether oxygens (including phenoxy) is 1. The zero-order chi connectivity index (χ0) is 16.4. The molecule has 0 atom stereocenters. The summed E-state index contributed by atoms with van der Waals surface area (Å²) in [5, 5.41) is 0. The lowest BCUT2D eigenvalue weighted by atomic mass is 10.1. The van der Waals surface area contributed by atoms with Crippen LogP contribution in [0.1, 0.15) is 23.2 Å². The summed E-state index contributed by atoms with van der Waals surface area (Å²) in [4.78, 5) is 30.4. The first kappa shape index (κ1) is 15.8. The molecule has 1 amide bonds. The number of carbonyl (C=O) groups is 2. The molecular weight excluding hydrogens is 294 g/mol. The van der Waals surface area contributed by atoms with Crippen molar-refractivity contribution < 1.29 is 14.3 Å². The van der Waals surface area contributed by atoms with Gasteiger partial charge in [-0.05, 0) is 31.7 Å². The van der Waals surface area contributed by atoms with Gasteiger partial charge in [-0.2, -0.15) is 0 Å². The van der Waals surface area contributed by atoms with Crippen LogP contribution in [0.5, 0.6) is 0 Å². The number of rotatable bonds is 3. The second-order valence-electron chi connectivity index (χ2n) is 6.17. The van der Waals surface area contributed by atoms with E-state index in [1.807, 2.05) is 12.1 Å². The molecule has 0 aromatic heterocycles. The molecule has 2 aliphatic heterocycles. The molecule has 0 radical (unpaired) electrons. The molecule has 2 aliphatic rings. The number of nitrogens with zero attached hydrogens (tertiary/aromatic N) is 3. The summed E-state index contributed by atoms with van der Waals surface area (Å²) in [5.41, 5.74) is 2.28. The highest BCUT2D eigenvalue weighted by Crippen LogP contribution is 2.29. The van der Waals surface area contributed by atoms with Gasteiger partial charge in [0.15, 0.2) is 0 Å². The third-order valence-electron chi connectivity index (χ3n) is 4.58. The van der Waals surface area contributed by atoms with Gasteiger partial charge in [0.1, 0.15) is 0 Å². The molecule has 2 fully saturated rings. The minimum Gasteiger partial charge on any atom is -0.465 e. The number of likely N-dealkylation sites (N-methyl/N-ethyl adjacent to an activating group) is 1. The number of benzene rings is 1. The highest BCUT2D eigenvalue weighted by molar-refractivity contribution is 5.98. The molecule has 1 aromatic carbocycles. The molecule has 124 valence electrons. The molecule has 0 saturated carbocycles. The lowest BCUT2D eigenvalue weighted by Crippen LogP contribution is -2.44. The van der Waals surface area contributed by atoms with Crippen molar-refractivity contribution in [3.63, 3.8) is 0 Å². The van der Waals surface area contributed by atoms with Crippen LogP contribution in [0, 0.1) is 0 Å². The molecule has 0 N–H and O–H groups in total. The van der Waals surface area contributed by atoms with Gasteiger partial charge in [0, 0.05) is 50.5 Å². The van der Waals surface area contributed by atoms with Gasteiger partial charge in [-0.25, -0.2) is 4.79 Å². The molecular formula is C17H23N3O3. The Morgan fingerprint density at radius 2 is 1.74 bits per heavy atom. The van der Waals surface area contributed by atoms with Crippen LogP contribution < -0.4 is 9.80 Å². The predicted molar refractivity (Wildman–Crippen MR) is 89.1 cm³/mol. The normalized spacial score (nSPS) is 19.3. The van der Waals surface area contributed by atoms with Gasteiger partial charge in [0.25, 0.3) is 0 Å². The molecule has 6 heteroatoms. The first-order valence-corrected chi connectivity index (χ1v) is 8.06. The number of hydrogen-bond acceptors (Lipinski definition) is 5. The summed E-state index contributed by atoms with van der Waals surface area (Å²) < 4.78 is 4.87. The van der Waals surface area contributed by atoms with Gasteiger partial charge in [0.05, 0.1) is 12.7 Å². The maximum atomic E-state index is 12.0. The summed E-state index contributed by atoms with van der Waals surface area (Å²) >= 11 is 0. The largest absolute Gasteiger partial charge is 0.465 e. The first-order valence-electron chi connectivity index (χ1n) is 8.06. The highest BCUT2D eigenvalue weighted by atomic mass is 16.5. The number of anilines is 2. The third kappa shape index (κ3) is 3.32. The topological polar surface area (TPSA) is 53.1 Å². The molecule has 2 heterocycles. The zero-order valence-corrected chi connectivity index (χ0v) is 13.7. The number of hydrogen-bond donors (Lipinski definition) is 0. The Bertz CT molecular complexity index is 609. The van der Waals surface area contributed by atoms with Crippen molar-refractivity contribution in [2.24, 2.45) is 0 Å². The van der Waals surface area contributed by atoms with Gasteiger partial charge < -0.3 is 19.4 Å². The van der Waals surface area contributed by atoms with Gasteiger partial charge in [-0.15, -0.1) is 0 Å². The Hall–Kier alpha value is -2.08. The van der Waals surface area contributed by atoms with Crippen molar-refractivity contribution in [2.45, 2.75) is 12.8 Å². The summed E-state index contributed by atoms with van der Waals surface area (Å²) in [5.74, 6) is -0.245. The van der Waals surface area contributed by atoms with Gasteiger partial charge >= 0.3 is 5.97 Å². The summed E-state index contributed by atoms with van der Waals surface area (Å²) in [6, 6.07) is 5.64. The molecule has 0 spiro atoms. The van der Waals surface area contributed by atoms with Gasteiger partial charge in [0.2, 0.25) is 5.91 Å². The molecule has 3 rings (SSSR count). The number of methoxy groups -OCH3 is 1. The van der Waals surface area contributed by atoms with Crippen molar-refractivity contribution >= 4 is 23.3 Å². The second-order valence-corrected chi connectivity index (χ2v) is 6.17. The van der Waals surface area contributed by atoms with E-state index in [1.54, 1.807) is 11.0 Å². The van der Waals surface area contributed by atoms with Crippen molar-refractivity contribution in [1.29, 1.82) is 0 Å². The Morgan fingerprint density at radius 3 is 2.35 bits per heavy atom. The molecule has 23 heavy (non-hydrogen) atoms. The van der Waals surface area contributed by atoms with Crippen LogP contribution >= 0.6 is 0 Å². The zero-order valence-electron chi connectivity index (χ0n) is 13.7. The van der Waals surface area contributed by atoms with E-state index in [-0.39, 0.29) is 11.9 Å². The maximum absolute atomic E-state index is 12.0. The lowest BCUT2D eigenvalue weighted by molar-refractivity contribution is -0.117. The van der Waals surface area contributed by atoms with E-state index in [2.05, 4.69) is 16.8 Å². The highest BCUT2D eigenvalue weighted by Gasteiger charge is 2.24.